The molecule has 1 N–H and O–H groups in total. The van der Waals surface area contributed by atoms with Crippen LogP contribution in [0.1, 0.15) is 30.6 Å². The Hall–Kier alpha value is -1.40. The molecule has 2 atom stereocenters. The summed E-state index contributed by atoms with van der Waals surface area (Å²) in [5.41, 5.74) is 0.332. The van der Waals surface area contributed by atoms with Crippen LogP contribution >= 0.6 is 19.2 Å². The molecule has 1 heterocycles. The molecule has 0 spiro atoms. The van der Waals surface area contributed by atoms with Crippen molar-refractivity contribution in [3.05, 3.63) is 35.9 Å². The fraction of sp³-hybridized carbons (Fsp3) is 0.500. The Labute approximate surface area is 151 Å². The molecule has 138 valence electrons. The molecule has 1 aromatic carbocycles. The van der Waals surface area contributed by atoms with Crippen LogP contribution in [0.25, 0.3) is 0 Å². The molecule has 1 aromatic rings. The van der Waals surface area contributed by atoms with Crippen LogP contribution in [0, 0.1) is 0 Å². The Morgan fingerprint density at radius 1 is 1.32 bits per heavy atom. The van der Waals surface area contributed by atoms with Gasteiger partial charge in [-0.05, 0) is 26.0 Å². The van der Waals surface area contributed by atoms with Crippen LogP contribution in [0.5, 0.6) is 0 Å². The summed E-state index contributed by atoms with van der Waals surface area (Å²) in [4.78, 5) is 23.0. The molecule has 0 aliphatic carbocycles. The van der Waals surface area contributed by atoms with Gasteiger partial charge in [0.2, 0.25) is 0 Å². The molecule has 0 aromatic heterocycles. The normalized spacial score (nSPS) is 21.6. The van der Waals surface area contributed by atoms with Crippen molar-refractivity contribution in [2.24, 2.45) is 0 Å². The van der Waals surface area contributed by atoms with Crippen molar-refractivity contribution in [2.75, 3.05) is 19.8 Å². The number of amides is 1. The molecule has 7 nitrogen and oxygen atoms in total. The van der Waals surface area contributed by atoms with Crippen LogP contribution < -0.4 is 5.32 Å². The predicted molar refractivity (Wildman–Crippen MR) is 92.7 cm³/mol. The molecular weight excluding hydrogens is 369 g/mol. The van der Waals surface area contributed by atoms with Crippen LogP contribution in [0.2, 0.25) is 0 Å². The van der Waals surface area contributed by atoms with Gasteiger partial charge in [0.15, 0.2) is 10.7 Å². The Morgan fingerprint density at radius 2 is 1.92 bits per heavy atom. The van der Waals surface area contributed by atoms with E-state index in [1.165, 1.54) is 0 Å². The number of rotatable bonds is 8. The van der Waals surface area contributed by atoms with Crippen LogP contribution in [-0.2, 0) is 23.1 Å². The molecule has 1 amide bonds. The van der Waals surface area contributed by atoms with E-state index in [1.807, 2.05) is 0 Å². The monoisotopic (exact) mass is 389 g/mol. The first kappa shape index (κ1) is 19.9. The zero-order valence-electron chi connectivity index (χ0n) is 14.1. The average molecular weight is 390 g/mol. The number of ether oxygens (including phenoxy) is 1. The maximum atomic E-state index is 13.3. The Kier molecular flexibility index (Phi) is 6.63. The standard InChI is InChI=1S/C16H21ClNO6P/c1-3-23-25(21,24-4-2)14(16(17)10-11-22-15(16)20)18-13(19)12-8-6-5-7-9-12/h5-9,14H,3-4,10-11H2,1-2H3,(H,18,19)/t14-,16?/m1/s1. The smallest absolute Gasteiger partial charge is 0.355 e. The van der Waals surface area contributed by atoms with Crippen LogP contribution in [0.3, 0.4) is 0 Å². The maximum absolute atomic E-state index is 13.3. The summed E-state index contributed by atoms with van der Waals surface area (Å²) >= 11 is 6.45. The lowest BCUT2D eigenvalue weighted by molar-refractivity contribution is -0.140. The zero-order chi connectivity index (χ0) is 18.5. The second kappa shape index (κ2) is 8.32. The van der Waals surface area contributed by atoms with E-state index in [2.05, 4.69) is 5.32 Å². The van der Waals surface area contributed by atoms with Gasteiger partial charge in [0.05, 0.1) is 19.8 Å². The van der Waals surface area contributed by atoms with E-state index in [1.54, 1.807) is 44.2 Å². The molecule has 1 saturated heterocycles. The van der Waals surface area contributed by atoms with E-state index in [9.17, 15) is 14.2 Å². The third-order valence-corrected chi connectivity index (χ3v) is 6.86. The number of carbonyl (C=O) groups is 2. The first-order valence-corrected chi connectivity index (χ1v) is 9.97. The average Bonchev–Trinajstić information content (AvgIpc) is 2.93. The van der Waals surface area contributed by atoms with Gasteiger partial charge in [0.1, 0.15) is 0 Å². The minimum atomic E-state index is -3.92. The van der Waals surface area contributed by atoms with Gasteiger partial charge in [-0.15, -0.1) is 11.6 Å². The van der Waals surface area contributed by atoms with E-state index in [0.29, 0.717) is 5.56 Å². The highest BCUT2D eigenvalue weighted by Gasteiger charge is 2.59. The van der Waals surface area contributed by atoms with Gasteiger partial charge in [-0.1, -0.05) is 18.2 Å². The number of benzene rings is 1. The SMILES string of the molecule is CCOP(=O)(OCC)[C@@H](NC(=O)c1ccccc1)C1(Cl)CCOC1=O. The van der Waals surface area contributed by atoms with Crippen molar-refractivity contribution in [2.45, 2.75) is 30.9 Å². The molecule has 1 fully saturated rings. The summed E-state index contributed by atoms with van der Waals surface area (Å²) < 4.78 is 28.8. The molecule has 1 unspecified atom stereocenters. The summed E-state index contributed by atoms with van der Waals surface area (Å²) in [5.74, 6) is -2.67. The van der Waals surface area contributed by atoms with Gasteiger partial charge in [0.25, 0.3) is 5.91 Å². The molecule has 0 radical (unpaired) electrons. The van der Waals surface area contributed by atoms with Crippen molar-refractivity contribution in [1.82, 2.24) is 5.32 Å². The van der Waals surface area contributed by atoms with Crippen molar-refractivity contribution < 1.29 is 27.9 Å². The van der Waals surface area contributed by atoms with Crippen LogP contribution in [0.15, 0.2) is 30.3 Å². The molecule has 1 aliphatic rings. The van der Waals surface area contributed by atoms with Crippen molar-refractivity contribution in [3.8, 4) is 0 Å². The fourth-order valence-corrected chi connectivity index (χ4v) is 5.20. The number of nitrogens with one attached hydrogen (secondary N) is 1. The van der Waals surface area contributed by atoms with Crippen molar-refractivity contribution >= 4 is 31.1 Å². The van der Waals surface area contributed by atoms with Gasteiger partial charge in [-0.2, -0.15) is 0 Å². The first-order chi connectivity index (χ1) is 11.9. The summed E-state index contributed by atoms with van der Waals surface area (Å²) in [5, 5.41) is 2.57. The molecular formula is C16H21ClNO6P. The molecule has 0 saturated carbocycles. The second-order valence-corrected chi connectivity index (χ2v) is 8.15. The number of cyclic esters (lactones) is 1. The molecule has 9 heteroatoms. The second-order valence-electron chi connectivity index (χ2n) is 5.37. The molecule has 1 aliphatic heterocycles. The van der Waals surface area contributed by atoms with Gasteiger partial charge < -0.3 is 19.1 Å². The number of hydrogen-bond acceptors (Lipinski definition) is 6. The lowest BCUT2D eigenvalue weighted by Gasteiger charge is -2.33. The summed E-state index contributed by atoms with van der Waals surface area (Å²) in [6.07, 6.45) is 0.0806. The zero-order valence-corrected chi connectivity index (χ0v) is 15.7. The fourth-order valence-electron chi connectivity index (χ4n) is 2.55. The van der Waals surface area contributed by atoms with Crippen molar-refractivity contribution in [1.29, 1.82) is 0 Å². The third-order valence-electron chi connectivity index (χ3n) is 3.71. The number of esters is 1. The highest BCUT2D eigenvalue weighted by atomic mass is 35.5. The topological polar surface area (TPSA) is 90.9 Å². The Balaban J connectivity index is 2.40. The van der Waals surface area contributed by atoms with E-state index < -0.39 is 30.1 Å². The molecule has 25 heavy (non-hydrogen) atoms. The summed E-state index contributed by atoms with van der Waals surface area (Å²) in [7, 11) is -3.92. The van der Waals surface area contributed by atoms with E-state index in [0.717, 1.165) is 0 Å². The number of alkyl halides is 1. The van der Waals surface area contributed by atoms with E-state index >= 15 is 0 Å². The first-order valence-electron chi connectivity index (χ1n) is 7.98. The van der Waals surface area contributed by atoms with Crippen molar-refractivity contribution in [3.63, 3.8) is 0 Å². The van der Waals surface area contributed by atoms with Gasteiger partial charge >= 0.3 is 13.6 Å². The third kappa shape index (κ3) is 4.23. The summed E-state index contributed by atoms with van der Waals surface area (Å²) in [6.45, 7) is 3.47. The van der Waals surface area contributed by atoms with Crippen LogP contribution in [-0.4, -0.2) is 42.4 Å². The van der Waals surface area contributed by atoms with Gasteiger partial charge in [0, 0.05) is 12.0 Å². The Morgan fingerprint density at radius 3 is 2.40 bits per heavy atom. The Bertz CT molecular complexity index is 660. The minimum Gasteiger partial charge on any atom is -0.464 e. The van der Waals surface area contributed by atoms with E-state index in [4.69, 9.17) is 25.4 Å². The van der Waals surface area contributed by atoms with E-state index in [-0.39, 0.29) is 26.2 Å². The molecule has 2 rings (SSSR count). The molecule has 0 bridgehead atoms. The quantitative estimate of drug-likeness (QED) is 0.417. The minimum absolute atomic E-state index is 0.0665. The van der Waals surface area contributed by atoms with Gasteiger partial charge in [-0.3, -0.25) is 14.2 Å². The highest BCUT2D eigenvalue weighted by molar-refractivity contribution is 7.55. The number of hydrogen-bond donors (Lipinski definition) is 1. The lowest BCUT2D eigenvalue weighted by atomic mass is 10.1. The largest absolute Gasteiger partial charge is 0.464 e. The lowest BCUT2D eigenvalue weighted by Crippen LogP contribution is -2.52. The van der Waals surface area contributed by atoms with Gasteiger partial charge in [-0.25, -0.2) is 0 Å². The maximum Gasteiger partial charge on any atom is 0.355 e. The predicted octanol–water partition coefficient (Wildman–Crippen LogP) is 2.93. The summed E-state index contributed by atoms with van der Waals surface area (Å²) in [6, 6.07) is 8.32. The van der Waals surface area contributed by atoms with Crippen LogP contribution in [0.4, 0.5) is 0 Å². The number of carbonyl (C=O) groups excluding carboxylic acids is 2. The number of halogens is 1. The highest BCUT2D eigenvalue weighted by Crippen LogP contribution is 2.58.